The molecule has 0 unspecified atom stereocenters. The normalized spacial score (nSPS) is 20.0. The minimum absolute atomic E-state index is 0.0354. The van der Waals surface area contributed by atoms with Crippen molar-refractivity contribution < 1.29 is 9.90 Å². The van der Waals surface area contributed by atoms with Crippen molar-refractivity contribution >= 4 is 6.03 Å². The number of nitrogens with zero attached hydrogens (tertiary/aromatic N) is 2. The van der Waals surface area contributed by atoms with Crippen LogP contribution in [0.25, 0.3) is 0 Å². The molecule has 1 aromatic carbocycles. The molecule has 2 aromatic rings. The summed E-state index contributed by atoms with van der Waals surface area (Å²) in [7, 11) is 0. The Labute approximate surface area is 147 Å². The number of aromatic hydroxyl groups is 1. The van der Waals surface area contributed by atoms with E-state index in [1.165, 1.54) is 0 Å². The van der Waals surface area contributed by atoms with E-state index < -0.39 is 0 Å². The number of amides is 2. The number of hydrogen-bond donors (Lipinski definition) is 2. The lowest BCUT2D eigenvalue weighted by Crippen LogP contribution is -2.44. The van der Waals surface area contributed by atoms with Gasteiger partial charge in [-0.1, -0.05) is 18.2 Å². The van der Waals surface area contributed by atoms with Crippen LogP contribution in [0.15, 0.2) is 42.6 Å². The van der Waals surface area contributed by atoms with E-state index in [4.69, 9.17) is 0 Å². The first-order chi connectivity index (χ1) is 12.1. The van der Waals surface area contributed by atoms with Crippen molar-refractivity contribution in [3.8, 4) is 5.75 Å². The Hall–Kier alpha value is -2.56. The Kier molecular flexibility index (Phi) is 4.07. The Morgan fingerprint density at radius 2 is 2.08 bits per heavy atom. The fourth-order valence-electron chi connectivity index (χ4n) is 3.78. The number of fused-ring (bicyclic) bond motifs is 1. The van der Waals surface area contributed by atoms with E-state index in [1.807, 2.05) is 42.2 Å². The summed E-state index contributed by atoms with van der Waals surface area (Å²) in [5, 5.41) is 13.2. The number of pyridine rings is 1. The second-order valence-corrected chi connectivity index (χ2v) is 6.95. The lowest BCUT2D eigenvalue weighted by Gasteiger charge is -2.30. The van der Waals surface area contributed by atoms with Crippen LogP contribution in [0.1, 0.15) is 55.1 Å². The molecule has 2 atom stereocenters. The summed E-state index contributed by atoms with van der Waals surface area (Å²) in [6, 6.07) is 11.5. The number of nitrogens with one attached hydrogen (secondary N) is 1. The molecular formula is C20H23N3O2. The molecule has 0 aliphatic heterocycles. The van der Waals surface area contributed by atoms with E-state index in [-0.39, 0.29) is 18.1 Å². The number of carbonyl (C=O) groups excluding carboxylic acids is 1. The summed E-state index contributed by atoms with van der Waals surface area (Å²) >= 11 is 0. The molecule has 130 valence electrons. The first-order valence-electron chi connectivity index (χ1n) is 8.95. The minimum atomic E-state index is -0.0567. The Morgan fingerprint density at radius 1 is 1.24 bits per heavy atom. The van der Waals surface area contributed by atoms with Crippen molar-refractivity contribution in [3.05, 3.63) is 59.4 Å². The number of phenols is 1. The van der Waals surface area contributed by atoms with Crippen molar-refractivity contribution in [2.24, 2.45) is 0 Å². The summed E-state index contributed by atoms with van der Waals surface area (Å²) in [4.78, 5) is 19.4. The van der Waals surface area contributed by atoms with Crippen molar-refractivity contribution in [1.29, 1.82) is 0 Å². The molecule has 1 heterocycles. The van der Waals surface area contributed by atoms with Gasteiger partial charge in [0.15, 0.2) is 0 Å². The van der Waals surface area contributed by atoms with Gasteiger partial charge in [-0.15, -0.1) is 0 Å². The average molecular weight is 337 g/mol. The van der Waals surface area contributed by atoms with Crippen molar-refractivity contribution in [2.75, 3.05) is 0 Å². The van der Waals surface area contributed by atoms with E-state index in [0.717, 1.165) is 42.5 Å². The number of rotatable bonds is 4. The summed E-state index contributed by atoms with van der Waals surface area (Å²) in [5.74, 6) is 0.329. The molecule has 2 aliphatic carbocycles. The van der Waals surface area contributed by atoms with E-state index >= 15 is 0 Å². The molecule has 1 fully saturated rings. The fourth-order valence-corrected chi connectivity index (χ4v) is 3.78. The van der Waals surface area contributed by atoms with Crippen LogP contribution < -0.4 is 5.32 Å². The van der Waals surface area contributed by atoms with Crippen LogP contribution in [0, 0.1) is 0 Å². The fraction of sp³-hybridized carbons (Fsp3) is 0.400. The standard InChI is InChI=1S/C20H23N3O2/c1-13(17-6-2-3-12-21-17)23(14-8-9-14)20(25)22-18-11-10-16-15(18)5-4-7-19(16)24/h2-7,12-14,18,24H,8-11H2,1H3,(H,22,25)/t13-,18-/m1/s1. The smallest absolute Gasteiger partial charge is 0.318 e. The highest BCUT2D eigenvalue weighted by Crippen LogP contribution is 2.38. The van der Waals surface area contributed by atoms with E-state index in [9.17, 15) is 9.90 Å². The van der Waals surface area contributed by atoms with Crippen LogP contribution in [0.5, 0.6) is 5.75 Å². The third-order valence-electron chi connectivity index (χ3n) is 5.25. The maximum atomic E-state index is 13.0. The van der Waals surface area contributed by atoms with Crippen LogP contribution in [0.2, 0.25) is 0 Å². The number of hydrogen-bond acceptors (Lipinski definition) is 3. The van der Waals surface area contributed by atoms with Gasteiger partial charge in [-0.05, 0) is 61.9 Å². The van der Waals surface area contributed by atoms with Gasteiger partial charge in [0.25, 0.3) is 0 Å². The Balaban J connectivity index is 1.53. The molecular weight excluding hydrogens is 314 g/mol. The summed E-state index contributed by atoms with van der Waals surface area (Å²) in [6.07, 6.45) is 5.49. The Morgan fingerprint density at radius 3 is 2.80 bits per heavy atom. The van der Waals surface area contributed by atoms with Gasteiger partial charge in [-0.25, -0.2) is 4.79 Å². The lowest BCUT2D eigenvalue weighted by atomic mass is 10.1. The van der Waals surface area contributed by atoms with E-state index in [0.29, 0.717) is 11.8 Å². The zero-order chi connectivity index (χ0) is 17.4. The molecule has 25 heavy (non-hydrogen) atoms. The lowest BCUT2D eigenvalue weighted by molar-refractivity contribution is 0.170. The molecule has 0 radical (unpaired) electrons. The highest BCUT2D eigenvalue weighted by atomic mass is 16.3. The largest absolute Gasteiger partial charge is 0.508 e. The highest BCUT2D eigenvalue weighted by molar-refractivity contribution is 5.76. The summed E-state index contributed by atoms with van der Waals surface area (Å²) in [5.41, 5.74) is 2.91. The molecule has 2 amide bonds. The Bertz CT molecular complexity index is 774. The van der Waals surface area contributed by atoms with Crippen molar-refractivity contribution in [1.82, 2.24) is 15.2 Å². The molecule has 0 bridgehead atoms. The summed E-state index contributed by atoms with van der Waals surface area (Å²) < 4.78 is 0. The molecule has 5 nitrogen and oxygen atoms in total. The van der Waals surface area contributed by atoms with Crippen LogP contribution in [-0.4, -0.2) is 27.1 Å². The average Bonchev–Trinajstić information content (AvgIpc) is 3.37. The van der Waals surface area contributed by atoms with Gasteiger partial charge in [0, 0.05) is 12.2 Å². The van der Waals surface area contributed by atoms with Crippen LogP contribution in [-0.2, 0) is 6.42 Å². The SMILES string of the molecule is C[C@H](c1ccccn1)N(C(=O)N[C@@H]1CCc2c(O)cccc21)C1CC1. The number of phenolic OH excluding ortho intramolecular Hbond substituents is 1. The molecule has 0 saturated heterocycles. The molecule has 1 saturated carbocycles. The zero-order valence-electron chi connectivity index (χ0n) is 14.4. The van der Waals surface area contributed by atoms with Crippen LogP contribution in [0.4, 0.5) is 4.79 Å². The minimum Gasteiger partial charge on any atom is -0.508 e. The maximum absolute atomic E-state index is 13.0. The molecule has 5 heteroatoms. The number of urea groups is 1. The predicted molar refractivity (Wildman–Crippen MR) is 95.2 cm³/mol. The van der Waals surface area contributed by atoms with E-state index in [2.05, 4.69) is 10.3 Å². The van der Waals surface area contributed by atoms with Gasteiger partial charge in [-0.2, -0.15) is 0 Å². The molecule has 0 spiro atoms. The van der Waals surface area contributed by atoms with Gasteiger partial charge in [-0.3, -0.25) is 4.98 Å². The number of aromatic nitrogens is 1. The van der Waals surface area contributed by atoms with Crippen molar-refractivity contribution in [3.63, 3.8) is 0 Å². The quantitative estimate of drug-likeness (QED) is 0.894. The van der Waals surface area contributed by atoms with Gasteiger partial charge < -0.3 is 15.3 Å². The second-order valence-electron chi connectivity index (χ2n) is 6.95. The third kappa shape index (κ3) is 3.06. The maximum Gasteiger partial charge on any atom is 0.318 e. The molecule has 2 N–H and O–H groups in total. The van der Waals surface area contributed by atoms with Gasteiger partial charge >= 0.3 is 6.03 Å². The van der Waals surface area contributed by atoms with Gasteiger partial charge in [0.1, 0.15) is 5.75 Å². The highest BCUT2D eigenvalue weighted by Gasteiger charge is 2.38. The zero-order valence-corrected chi connectivity index (χ0v) is 14.4. The van der Waals surface area contributed by atoms with E-state index in [1.54, 1.807) is 12.3 Å². The van der Waals surface area contributed by atoms with Crippen LogP contribution in [0.3, 0.4) is 0 Å². The monoisotopic (exact) mass is 337 g/mol. The summed E-state index contributed by atoms with van der Waals surface area (Å²) in [6.45, 7) is 2.04. The topological polar surface area (TPSA) is 65.5 Å². The van der Waals surface area contributed by atoms with Gasteiger partial charge in [0.2, 0.25) is 0 Å². The first-order valence-corrected chi connectivity index (χ1v) is 8.95. The predicted octanol–water partition coefficient (Wildman–Crippen LogP) is 3.71. The third-order valence-corrected chi connectivity index (χ3v) is 5.25. The van der Waals surface area contributed by atoms with Crippen LogP contribution >= 0.6 is 0 Å². The molecule has 1 aromatic heterocycles. The molecule has 2 aliphatic rings. The number of carbonyl (C=O) groups is 1. The molecule has 4 rings (SSSR count). The second kappa shape index (κ2) is 6.39. The van der Waals surface area contributed by atoms with Gasteiger partial charge in [0.05, 0.1) is 17.8 Å². The first kappa shape index (κ1) is 15.9. The number of benzene rings is 1. The van der Waals surface area contributed by atoms with Crippen molar-refractivity contribution in [2.45, 2.75) is 50.7 Å².